The van der Waals surface area contributed by atoms with E-state index in [1.807, 2.05) is 25.1 Å². The summed E-state index contributed by atoms with van der Waals surface area (Å²) in [7, 11) is 0.712. The number of amides is 1. The number of benzene rings is 1. The molecule has 1 amide bonds. The van der Waals surface area contributed by atoms with Crippen LogP contribution >= 0.6 is 0 Å². The van der Waals surface area contributed by atoms with Gasteiger partial charge >= 0.3 is 0 Å². The zero-order valence-corrected chi connectivity index (χ0v) is 14.9. The number of hydrogen-bond acceptors (Lipinski definition) is 4. The van der Waals surface area contributed by atoms with Gasteiger partial charge in [-0.1, -0.05) is 13.0 Å². The third-order valence-electron chi connectivity index (χ3n) is 3.81. The van der Waals surface area contributed by atoms with Crippen molar-refractivity contribution in [2.75, 3.05) is 19.9 Å². The van der Waals surface area contributed by atoms with E-state index in [2.05, 4.69) is 10.3 Å². The van der Waals surface area contributed by atoms with Crippen molar-refractivity contribution in [2.45, 2.75) is 18.6 Å². The van der Waals surface area contributed by atoms with E-state index in [9.17, 15) is 9.00 Å². The molecule has 2 rings (SSSR count). The van der Waals surface area contributed by atoms with Crippen molar-refractivity contribution < 1.29 is 13.7 Å². The average molecular weight is 346 g/mol. The molecule has 0 aliphatic rings. The van der Waals surface area contributed by atoms with Gasteiger partial charge in [-0.3, -0.25) is 14.0 Å². The number of rotatable bonds is 7. The molecule has 1 heterocycles. The zero-order valence-electron chi connectivity index (χ0n) is 14.1. The minimum atomic E-state index is -0.879. The highest BCUT2D eigenvalue weighted by Gasteiger charge is 2.13. The summed E-state index contributed by atoms with van der Waals surface area (Å²) in [5.41, 5.74) is 2.06. The SMILES string of the molecule is COc1ccc(C(=O)NCC[C@H](C)[S@@](C)=O)cc1-c1ccccn1. The molecule has 0 fully saturated rings. The first-order valence-electron chi connectivity index (χ1n) is 7.72. The van der Waals surface area contributed by atoms with Gasteiger partial charge in [0.1, 0.15) is 5.75 Å². The van der Waals surface area contributed by atoms with Gasteiger partial charge in [0.05, 0.1) is 12.8 Å². The average Bonchev–Trinajstić information content (AvgIpc) is 2.61. The van der Waals surface area contributed by atoms with Gasteiger partial charge in [-0.15, -0.1) is 0 Å². The molecule has 0 aliphatic heterocycles. The Labute approximate surface area is 144 Å². The van der Waals surface area contributed by atoms with E-state index < -0.39 is 10.8 Å². The molecule has 1 aromatic heterocycles. The largest absolute Gasteiger partial charge is 0.496 e. The molecule has 0 spiro atoms. The number of ether oxygens (including phenoxy) is 1. The van der Waals surface area contributed by atoms with Crippen LogP contribution in [0.3, 0.4) is 0 Å². The number of nitrogens with zero attached hydrogens (tertiary/aromatic N) is 1. The number of carbonyl (C=O) groups is 1. The van der Waals surface area contributed by atoms with Crippen molar-refractivity contribution >= 4 is 16.7 Å². The van der Waals surface area contributed by atoms with Crippen molar-refractivity contribution in [2.24, 2.45) is 0 Å². The van der Waals surface area contributed by atoms with Gasteiger partial charge < -0.3 is 10.1 Å². The Balaban J connectivity index is 2.13. The highest BCUT2D eigenvalue weighted by molar-refractivity contribution is 7.84. The van der Waals surface area contributed by atoms with E-state index in [0.29, 0.717) is 24.3 Å². The first kappa shape index (κ1) is 18.1. The quantitative estimate of drug-likeness (QED) is 0.837. The summed E-state index contributed by atoms with van der Waals surface area (Å²) in [4.78, 5) is 16.6. The number of carbonyl (C=O) groups excluding carboxylic acids is 1. The van der Waals surface area contributed by atoms with Crippen LogP contribution in [0.15, 0.2) is 42.6 Å². The molecule has 1 N–H and O–H groups in total. The van der Waals surface area contributed by atoms with E-state index in [4.69, 9.17) is 4.74 Å². The molecule has 0 radical (unpaired) electrons. The summed E-state index contributed by atoms with van der Waals surface area (Å²) in [6, 6.07) is 10.9. The first-order chi connectivity index (χ1) is 11.5. The predicted octanol–water partition coefficient (Wildman–Crippen LogP) is 2.64. The van der Waals surface area contributed by atoms with Crippen LogP contribution in [0.25, 0.3) is 11.3 Å². The van der Waals surface area contributed by atoms with E-state index in [1.54, 1.807) is 37.8 Å². The summed E-state index contributed by atoms with van der Waals surface area (Å²) in [6.45, 7) is 2.40. The molecule has 0 aliphatic carbocycles. The maximum absolute atomic E-state index is 12.3. The Morgan fingerprint density at radius 3 is 2.75 bits per heavy atom. The molecular weight excluding hydrogens is 324 g/mol. The van der Waals surface area contributed by atoms with Crippen molar-refractivity contribution in [3.8, 4) is 17.0 Å². The lowest BCUT2D eigenvalue weighted by atomic mass is 10.1. The Bertz CT molecular complexity index is 719. The van der Waals surface area contributed by atoms with Crippen LogP contribution in [0, 0.1) is 0 Å². The molecular formula is C18H22N2O3S. The number of pyridine rings is 1. The monoisotopic (exact) mass is 346 g/mol. The maximum atomic E-state index is 12.3. The van der Waals surface area contributed by atoms with E-state index in [1.165, 1.54) is 0 Å². The van der Waals surface area contributed by atoms with Gasteiger partial charge in [-0.05, 0) is 36.8 Å². The standard InChI is InChI=1S/C18H22N2O3S/c1-13(24(3)22)9-11-20-18(21)14-7-8-17(23-2)15(12-14)16-6-4-5-10-19-16/h4-8,10,12-13H,9,11H2,1-3H3,(H,20,21)/t13-,24+/m0/s1. The van der Waals surface area contributed by atoms with Crippen LogP contribution in [0.5, 0.6) is 5.75 Å². The lowest BCUT2D eigenvalue weighted by Crippen LogP contribution is -2.27. The van der Waals surface area contributed by atoms with Crippen molar-refractivity contribution in [3.05, 3.63) is 48.2 Å². The molecule has 0 saturated heterocycles. The van der Waals surface area contributed by atoms with Crippen LogP contribution < -0.4 is 10.1 Å². The molecule has 2 aromatic rings. The second-order valence-corrected chi connectivity index (χ2v) is 7.29. The number of aromatic nitrogens is 1. The van der Waals surface area contributed by atoms with Crippen molar-refractivity contribution in [1.29, 1.82) is 0 Å². The third-order valence-corrected chi connectivity index (χ3v) is 5.17. The molecule has 0 bridgehead atoms. The van der Waals surface area contributed by atoms with Crippen LogP contribution in [0.2, 0.25) is 0 Å². The topological polar surface area (TPSA) is 68.3 Å². The molecule has 2 atom stereocenters. The zero-order chi connectivity index (χ0) is 17.5. The fourth-order valence-electron chi connectivity index (χ4n) is 2.23. The summed E-state index contributed by atoms with van der Waals surface area (Å²) in [5, 5.41) is 2.93. The van der Waals surface area contributed by atoms with E-state index in [0.717, 1.165) is 11.3 Å². The molecule has 6 heteroatoms. The molecule has 0 unspecified atom stereocenters. The van der Waals surface area contributed by atoms with Gasteiger partial charge in [-0.25, -0.2) is 0 Å². The van der Waals surface area contributed by atoms with Gasteiger partial charge in [0.15, 0.2) is 0 Å². The number of methoxy groups -OCH3 is 1. The van der Waals surface area contributed by atoms with Gasteiger partial charge in [0.2, 0.25) is 0 Å². The minimum Gasteiger partial charge on any atom is -0.496 e. The van der Waals surface area contributed by atoms with Gasteiger partial charge in [0.25, 0.3) is 5.91 Å². The molecule has 24 heavy (non-hydrogen) atoms. The minimum absolute atomic E-state index is 0.0604. The Kier molecular flexibility index (Phi) is 6.49. The van der Waals surface area contributed by atoms with Gasteiger partial charge in [0, 0.05) is 46.2 Å². The molecule has 5 nitrogen and oxygen atoms in total. The smallest absolute Gasteiger partial charge is 0.251 e. The second kappa shape index (κ2) is 8.59. The number of hydrogen-bond donors (Lipinski definition) is 1. The lowest BCUT2D eigenvalue weighted by molar-refractivity contribution is 0.0953. The third kappa shape index (κ3) is 4.64. The van der Waals surface area contributed by atoms with Crippen LogP contribution in [0.1, 0.15) is 23.7 Å². The molecule has 128 valence electrons. The van der Waals surface area contributed by atoms with Gasteiger partial charge in [-0.2, -0.15) is 0 Å². The maximum Gasteiger partial charge on any atom is 0.251 e. The Hall–Kier alpha value is -2.21. The van der Waals surface area contributed by atoms with Crippen LogP contribution in [-0.2, 0) is 10.8 Å². The lowest BCUT2D eigenvalue weighted by Gasteiger charge is -2.12. The predicted molar refractivity (Wildman–Crippen MR) is 96.7 cm³/mol. The highest BCUT2D eigenvalue weighted by atomic mass is 32.2. The van der Waals surface area contributed by atoms with E-state index in [-0.39, 0.29) is 11.2 Å². The fourth-order valence-corrected chi connectivity index (χ4v) is 2.68. The Morgan fingerprint density at radius 1 is 1.33 bits per heavy atom. The molecule has 0 saturated carbocycles. The highest BCUT2D eigenvalue weighted by Crippen LogP contribution is 2.29. The van der Waals surface area contributed by atoms with Crippen molar-refractivity contribution in [1.82, 2.24) is 10.3 Å². The summed E-state index contributed by atoms with van der Waals surface area (Å²) < 4.78 is 16.7. The molecule has 1 aromatic carbocycles. The first-order valence-corrected chi connectivity index (χ1v) is 9.35. The van der Waals surface area contributed by atoms with Crippen molar-refractivity contribution in [3.63, 3.8) is 0 Å². The van der Waals surface area contributed by atoms with Crippen LogP contribution in [-0.4, -0.2) is 40.3 Å². The Morgan fingerprint density at radius 2 is 2.12 bits per heavy atom. The van der Waals surface area contributed by atoms with E-state index >= 15 is 0 Å². The summed E-state index contributed by atoms with van der Waals surface area (Å²) >= 11 is 0. The fraction of sp³-hybridized carbons (Fsp3) is 0.333. The number of nitrogens with one attached hydrogen (secondary N) is 1. The second-order valence-electron chi connectivity index (χ2n) is 5.48. The normalized spacial score (nSPS) is 13.1. The summed E-state index contributed by atoms with van der Waals surface area (Å²) in [6.07, 6.45) is 4.06. The van der Waals surface area contributed by atoms with Crippen LogP contribution in [0.4, 0.5) is 0 Å². The summed E-state index contributed by atoms with van der Waals surface area (Å²) in [5.74, 6) is 0.504.